The standard InChI is InChI=1S/C27H31N5O3/c1-18(2)15-16-28-27(34)26(24-14-11-20(4)35-24)32(21-12-9-19(3)10-13-21)25(33)17-31-23-8-6-5-7-22(23)29-30-31/h5-14,18,26H,15-17H2,1-4H3,(H,28,34)/t26-/m1/s1. The Morgan fingerprint density at radius 2 is 1.77 bits per heavy atom. The van der Waals surface area contributed by atoms with E-state index in [1.807, 2.05) is 62.4 Å². The van der Waals surface area contributed by atoms with Gasteiger partial charge < -0.3 is 9.73 Å². The van der Waals surface area contributed by atoms with Crippen LogP contribution in [0.3, 0.4) is 0 Å². The topological polar surface area (TPSA) is 93.3 Å². The number of nitrogens with zero attached hydrogens (tertiary/aromatic N) is 4. The molecular formula is C27H31N5O3. The minimum Gasteiger partial charge on any atom is -0.464 e. The number of carbonyl (C=O) groups excluding carboxylic acids is 2. The number of hydrogen-bond acceptors (Lipinski definition) is 5. The Kier molecular flexibility index (Phi) is 7.29. The Morgan fingerprint density at radius 3 is 2.46 bits per heavy atom. The fraction of sp³-hybridized carbons (Fsp3) is 0.333. The van der Waals surface area contributed by atoms with Gasteiger partial charge in [-0.3, -0.25) is 14.5 Å². The molecule has 0 spiro atoms. The summed E-state index contributed by atoms with van der Waals surface area (Å²) < 4.78 is 7.44. The van der Waals surface area contributed by atoms with Crippen molar-refractivity contribution in [3.63, 3.8) is 0 Å². The predicted octanol–water partition coefficient (Wildman–Crippen LogP) is 4.58. The summed E-state index contributed by atoms with van der Waals surface area (Å²) in [6.07, 6.45) is 0.832. The van der Waals surface area contributed by atoms with Crippen LogP contribution in [0.4, 0.5) is 5.69 Å². The lowest BCUT2D eigenvalue weighted by Crippen LogP contribution is -2.45. The van der Waals surface area contributed by atoms with Gasteiger partial charge >= 0.3 is 0 Å². The van der Waals surface area contributed by atoms with Gasteiger partial charge in [0.25, 0.3) is 5.91 Å². The van der Waals surface area contributed by atoms with Crippen molar-refractivity contribution in [2.45, 2.75) is 46.7 Å². The average Bonchev–Trinajstić information content (AvgIpc) is 3.44. The zero-order chi connectivity index (χ0) is 24.9. The predicted molar refractivity (Wildman–Crippen MR) is 135 cm³/mol. The monoisotopic (exact) mass is 473 g/mol. The number of nitrogens with one attached hydrogen (secondary N) is 1. The first kappa shape index (κ1) is 24.2. The third kappa shape index (κ3) is 5.59. The van der Waals surface area contributed by atoms with Crippen LogP contribution in [-0.2, 0) is 16.1 Å². The quantitative estimate of drug-likeness (QED) is 0.384. The Hall–Kier alpha value is -3.94. The highest BCUT2D eigenvalue weighted by Gasteiger charge is 2.35. The molecule has 2 heterocycles. The number of fused-ring (bicyclic) bond motifs is 1. The van der Waals surface area contributed by atoms with Crippen LogP contribution in [0.2, 0.25) is 0 Å². The minimum absolute atomic E-state index is 0.0795. The summed E-state index contributed by atoms with van der Waals surface area (Å²) in [7, 11) is 0. The number of anilines is 1. The molecule has 182 valence electrons. The van der Waals surface area contributed by atoms with Gasteiger partial charge in [0.05, 0.1) is 5.52 Å². The van der Waals surface area contributed by atoms with E-state index in [4.69, 9.17) is 4.42 Å². The van der Waals surface area contributed by atoms with Crippen LogP contribution < -0.4 is 10.2 Å². The van der Waals surface area contributed by atoms with Crippen molar-refractivity contribution >= 4 is 28.5 Å². The number of benzene rings is 2. The van der Waals surface area contributed by atoms with E-state index in [9.17, 15) is 9.59 Å². The molecule has 0 aliphatic rings. The van der Waals surface area contributed by atoms with Crippen LogP contribution in [-0.4, -0.2) is 33.4 Å². The molecule has 0 fully saturated rings. The molecule has 35 heavy (non-hydrogen) atoms. The van der Waals surface area contributed by atoms with Crippen molar-refractivity contribution in [1.82, 2.24) is 20.3 Å². The van der Waals surface area contributed by atoms with Crippen molar-refractivity contribution < 1.29 is 14.0 Å². The van der Waals surface area contributed by atoms with Gasteiger partial charge in [-0.2, -0.15) is 0 Å². The zero-order valence-electron chi connectivity index (χ0n) is 20.6. The first-order valence-electron chi connectivity index (χ1n) is 11.8. The molecule has 0 radical (unpaired) electrons. The third-order valence-corrected chi connectivity index (χ3v) is 5.84. The lowest BCUT2D eigenvalue weighted by molar-refractivity contribution is -0.127. The van der Waals surface area contributed by atoms with Crippen molar-refractivity contribution in [3.05, 3.63) is 77.7 Å². The highest BCUT2D eigenvalue weighted by atomic mass is 16.3. The van der Waals surface area contributed by atoms with Crippen LogP contribution in [0.1, 0.15) is 43.4 Å². The molecule has 0 aliphatic carbocycles. The van der Waals surface area contributed by atoms with E-state index in [2.05, 4.69) is 29.5 Å². The maximum atomic E-state index is 13.9. The molecule has 0 saturated carbocycles. The first-order valence-corrected chi connectivity index (χ1v) is 11.8. The Morgan fingerprint density at radius 1 is 1.03 bits per heavy atom. The van der Waals surface area contributed by atoms with E-state index in [-0.39, 0.29) is 18.4 Å². The van der Waals surface area contributed by atoms with Crippen molar-refractivity contribution in [1.29, 1.82) is 0 Å². The number of furan rings is 1. The molecular weight excluding hydrogens is 442 g/mol. The molecule has 0 saturated heterocycles. The summed E-state index contributed by atoms with van der Waals surface area (Å²) in [5, 5.41) is 11.3. The smallest absolute Gasteiger partial charge is 0.251 e. The maximum absolute atomic E-state index is 13.9. The summed E-state index contributed by atoms with van der Waals surface area (Å²) in [4.78, 5) is 28.9. The van der Waals surface area contributed by atoms with Crippen LogP contribution >= 0.6 is 0 Å². The van der Waals surface area contributed by atoms with E-state index in [1.54, 1.807) is 16.8 Å². The number of aromatic nitrogens is 3. The number of hydrogen-bond donors (Lipinski definition) is 1. The molecule has 0 aliphatic heterocycles. The van der Waals surface area contributed by atoms with E-state index in [1.165, 1.54) is 4.90 Å². The summed E-state index contributed by atoms with van der Waals surface area (Å²) in [5.74, 6) is 0.912. The Bertz CT molecular complexity index is 1310. The van der Waals surface area contributed by atoms with Gasteiger partial charge in [-0.1, -0.05) is 48.9 Å². The number of rotatable bonds is 9. The number of carbonyl (C=O) groups is 2. The van der Waals surface area contributed by atoms with Crippen LogP contribution in [0.25, 0.3) is 11.0 Å². The lowest BCUT2D eigenvalue weighted by atomic mass is 10.1. The van der Waals surface area contributed by atoms with Crippen molar-refractivity contribution in [2.24, 2.45) is 5.92 Å². The van der Waals surface area contributed by atoms with Crippen LogP contribution in [0.15, 0.2) is 65.1 Å². The minimum atomic E-state index is -0.971. The molecule has 4 rings (SSSR count). The fourth-order valence-corrected chi connectivity index (χ4v) is 3.94. The SMILES string of the molecule is Cc1ccc(N(C(=O)Cn2nnc3ccccc32)[C@@H](C(=O)NCCC(C)C)c2ccc(C)o2)cc1. The molecule has 1 atom stereocenters. The van der Waals surface area contributed by atoms with Gasteiger partial charge in [-0.25, -0.2) is 4.68 Å². The van der Waals surface area contributed by atoms with E-state index in [0.29, 0.717) is 35.2 Å². The lowest BCUT2D eigenvalue weighted by Gasteiger charge is -2.30. The fourth-order valence-electron chi connectivity index (χ4n) is 3.94. The van der Waals surface area contributed by atoms with E-state index < -0.39 is 6.04 Å². The molecule has 4 aromatic rings. The molecule has 1 N–H and O–H groups in total. The highest BCUT2D eigenvalue weighted by Crippen LogP contribution is 2.30. The molecule has 2 amide bonds. The molecule has 8 nitrogen and oxygen atoms in total. The van der Waals surface area contributed by atoms with Gasteiger partial charge in [0, 0.05) is 12.2 Å². The zero-order valence-corrected chi connectivity index (χ0v) is 20.6. The molecule has 2 aromatic heterocycles. The number of amides is 2. The highest BCUT2D eigenvalue weighted by molar-refractivity contribution is 6.01. The van der Waals surface area contributed by atoms with Gasteiger partial charge in [0.1, 0.15) is 23.6 Å². The Labute approximate surface area is 204 Å². The molecule has 0 unspecified atom stereocenters. The summed E-state index contributed by atoms with van der Waals surface area (Å²) >= 11 is 0. The maximum Gasteiger partial charge on any atom is 0.251 e. The number of aryl methyl sites for hydroxylation is 2. The second-order valence-electron chi connectivity index (χ2n) is 9.16. The molecule has 2 aromatic carbocycles. The third-order valence-electron chi connectivity index (χ3n) is 5.84. The van der Waals surface area contributed by atoms with Gasteiger partial charge in [0.15, 0.2) is 6.04 Å². The average molecular weight is 474 g/mol. The molecule has 8 heteroatoms. The number of para-hydroxylation sites is 1. The summed E-state index contributed by atoms with van der Waals surface area (Å²) in [5.41, 5.74) is 3.10. The normalized spacial score (nSPS) is 12.1. The Balaban J connectivity index is 1.73. The molecule has 0 bridgehead atoms. The summed E-state index contributed by atoms with van der Waals surface area (Å²) in [6.45, 7) is 8.43. The second kappa shape index (κ2) is 10.5. The van der Waals surface area contributed by atoms with Crippen molar-refractivity contribution in [3.8, 4) is 0 Å². The largest absolute Gasteiger partial charge is 0.464 e. The second-order valence-corrected chi connectivity index (χ2v) is 9.16. The van der Waals surface area contributed by atoms with Crippen LogP contribution in [0.5, 0.6) is 0 Å². The van der Waals surface area contributed by atoms with E-state index in [0.717, 1.165) is 17.5 Å². The first-order chi connectivity index (χ1) is 16.8. The van der Waals surface area contributed by atoms with Gasteiger partial charge in [-0.15, -0.1) is 5.10 Å². The van der Waals surface area contributed by atoms with Gasteiger partial charge in [0.2, 0.25) is 5.91 Å². The van der Waals surface area contributed by atoms with Gasteiger partial charge in [-0.05, 0) is 62.6 Å². The van der Waals surface area contributed by atoms with E-state index >= 15 is 0 Å². The van der Waals surface area contributed by atoms with Crippen molar-refractivity contribution in [2.75, 3.05) is 11.4 Å². The summed E-state index contributed by atoms with van der Waals surface area (Å²) in [6, 6.07) is 17.6. The van der Waals surface area contributed by atoms with Crippen LogP contribution in [0, 0.1) is 19.8 Å².